The molecule has 6 rings (SSSR count). The number of halogens is 1. The Morgan fingerprint density at radius 3 is 2.75 bits per heavy atom. The molecule has 0 unspecified atom stereocenters. The number of anilines is 1. The largest absolute Gasteiger partial charge is 0.490 e. The molecule has 4 N–H and O–H groups in total. The van der Waals surface area contributed by atoms with Crippen molar-refractivity contribution < 1.29 is 33.0 Å². The molecule has 2 bridgehead atoms. The normalized spacial score (nSPS) is 29.9. The van der Waals surface area contributed by atoms with Gasteiger partial charge in [-0.2, -0.15) is 13.1 Å². The van der Waals surface area contributed by atoms with Crippen molar-refractivity contribution in [3.63, 3.8) is 0 Å². The number of carbonyl (C=O) groups excluding carboxylic acids is 2. The van der Waals surface area contributed by atoms with Crippen LogP contribution in [0.15, 0.2) is 48.6 Å². The molecule has 2 aliphatic heterocycles. The van der Waals surface area contributed by atoms with Crippen LogP contribution in [0.4, 0.5) is 5.69 Å². The predicted molar refractivity (Wildman–Crippen MR) is 183 cm³/mol. The van der Waals surface area contributed by atoms with Gasteiger partial charge in [-0.1, -0.05) is 42.8 Å². The van der Waals surface area contributed by atoms with E-state index >= 15 is 0 Å². The second kappa shape index (κ2) is 13.6. The fourth-order valence-electron chi connectivity index (χ4n) is 7.80. The molecule has 2 aliphatic carbocycles. The second-order valence-electron chi connectivity index (χ2n) is 13.8. The van der Waals surface area contributed by atoms with Gasteiger partial charge in [-0.25, -0.2) is 4.72 Å². The fourth-order valence-corrected chi connectivity index (χ4v) is 8.86. The minimum absolute atomic E-state index is 0.0231. The highest BCUT2D eigenvalue weighted by molar-refractivity contribution is 7.88. The van der Waals surface area contributed by atoms with Crippen molar-refractivity contribution in [1.82, 2.24) is 14.3 Å². The van der Waals surface area contributed by atoms with Gasteiger partial charge in [0, 0.05) is 43.7 Å². The standard InChI is InChI=1S/C35H45ClN4O7S/c1-3-37-48(45,46)38-33(43)35(44)19-32(42)39(2)16-5-4-8-30(41)27-12-9-24(27)20-40-21-34(22-47-31-14-10-25(35)18-29(31)40)15-6-7-23-17-26(36)11-13-28(23)34/h4,8,10-11,13-14,17-18,24,27,30,37,41,44H,3,5-7,9,12,15-16,19-22H2,1-2H3,(H,38,43)/b8-4+/t24-,27+,30-,34-,35+/m0/s1. The molecule has 2 aromatic rings. The van der Waals surface area contributed by atoms with Crippen LogP contribution in [0.1, 0.15) is 62.1 Å². The molecule has 5 atom stereocenters. The van der Waals surface area contributed by atoms with Crippen molar-refractivity contribution in [2.75, 3.05) is 44.7 Å². The van der Waals surface area contributed by atoms with Gasteiger partial charge in [0.05, 0.1) is 24.8 Å². The van der Waals surface area contributed by atoms with Crippen LogP contribution >= 0.6 is 11.6 Å². The molecule has 0 saturated heterocycles. The number of hydrogen-bond acceptors (Lipinski definition) is 8. The van der Waals surface area contributed by atoms with Gasteiger partial charge in [0.1, 0.15) is 5.75 Å². The Morgan fingerprint density at radius 2 is 2.00 bits per heavy atom. The van der Waals surface area contributed by atoms with Crippen molar-refractivity contribution in [2.45, 2.75) is 69.0 Å². The van der Waals surface area contributed by atoms with Gasteiger partial charge < -0.3 is 24.7 Å². The summed E-state index contributed by atoms with van der Waals surface area (Å²) in [5, 5.41) is 24.0. The van der Waals surface area contributed by atoms with Crippen LogP contribution in [0.2, 0.25) is 5.02 Å². The zero-order valence-corrected chi connectivity index (χ0v) is 29.0. The highest BCUT2D eigenvalue weighted by Crippen LogP contribution is 2.47. The first-order chi connectivity index (χ1) is 22.8. The lowest BCUT2D eigenvalue weighted by Gasteiger charge is -2.45. The van der Waals surface area contributed by atoms with E-state index < -0.39 is 40.1 Å². The van der Waals surface area contributed by atoms with Crippen LogP contribution in [0, 0.1) is 11.8 Å². The van der Waals surface area contributed by atoms with E-state index in [0.717, 1.165) is 32.1 Å². The van der Waals surface area contributed by atoms with Crippen LogP contribution in [-0.2, 0) is 37.2 Å². The van der Waals surface area contributed by atoms with Crippen molar-refractivity contribution in [3.05, 3.63) is 70.3 Å². The number of rotatable bonds is 4. The first-order valence-electron chi connectivity index (χ1n) is 16.8. The Balaban J connectivity index is 1.47. The maximum Gasteiger partial charge on any atom is 0.301 e. The van der Waals surface area contributed by atoms with Gasteiger partial charge in [0.2, 0.25) is 5.91 Å². The maximum atomic E-state index is 13.7. The number of nitrogens with zero attached hydrogens (tertiary/aromatic N) is 2. The van der Waals surface area contributed by atoms with E-state index in [9.17, 15) is 28.2 Å². The molecule has 13 heteroatoms. The molecule has 2 amide bonds. The van der Waals surface area contributed by atoms with Crippen LogP contribution in [-0.4, -0.2) is 81.3 Å². The van der Waals surface area contributed by atoms with Crippen LogP contribution in [0.25, 0.3) is 0 Å². The van der Waals surface area contributed by atoms with Gasteiger partial charge in [-0.05, 0) is 91.3 Å². The summed E-state index contributed by atoms with van der Waals surface area (Å²) < 4.78 is 35.9. The Morgan fingerprint density at radius 1 is 1.19 bits per heavy atom. The summed E-state index contributed by atoms with van der Waals surface area (Å²) in [5.41, 5.74) is 0.192. The van der Waals surface area contributed by atoms with Crippen LogP contribution < -0.4 is 19.1 Å². The fraction of sp³-hybridized carbons (Fsp3) is 0.543. The minimum atomic E-state index is -4.30. The number of aliphatic hydroxyl groups is 2. The second-order valence-corrected chi connectivity index (χ2v) is 15.7. The summed E-state index contributed by atoms with van der Waals surface area (Å²) in [5.74, 6) is -0.997. The van der Waals surface area contributed by atoms with E-state index in [1.165, 1.54) is 22.1 Å². The molecule has 48 heavy (non-hydrogen) atoms. The Kier molecular flexibility index (Phi) is 9.85. The molecule has 0 aromatic heterocycles. The van der Waals surface area contributed by atoms with E-state index in [4.69, 9.17) is 16.3 Å². The first-order valence-corrected chi connectivity index (χ1v) is 18.6. The number of aliphatic hydroxyl groups excluding tert-OH is 1. The molecule has 1 saturated carbocycles. The number of aryl methyl sites for hydroxylation is 1. The summed E-state index contributed by atoms with van der Waals surface area (Å²) in [6, 6.07) is 10.9. The van der Waals surface area contributed by atoms with Gasteiger partial charge in [0.15, 0.2) is 5.60 Å². The maximum absolute atomic E-state index is 13.7. The number of benzene rings is 2. The third kappa shape index (κ3) is 6.82. The highest BCUT2D eigenvalue weighted by atomic mass is 35.5. The average Bonchev–Trinajstić information content (AvgIpc) is 3.17. The lowest BCUT2D eigenvalue weighted by Crippen LogP contribution is -2.52. The monoisotopic (exact) mass is 700 g/mol. The molecule has 11 nitrogen and oxygen atoms in total. The predicted octanol–water partition coefficient (Wildman–Crippen LogP) is 3.17. The molecule has 260 valence electrons. The number of nitrogens with one attached hydrogen (secondary N) is 2. The van der Waals surface area contributed by atoms with Crippen molar-refractivity contribution in [3.8, 4) is 5.75 Å². The average molecular weight is 701 g/mol. The first kappa shape index (κ1) is 34.7. The van der Waals surface area contributed by atoms with Gasteiger partial charge in [-0.15, -0.1) is 0 Å². The Bertz CT molecular complexity index is 1700. The minimum Gasteiger partial charge on any atom is -0.490 e. The third-order valence-corrected chi connectivity index (χ3v) is 12.0. The van der Waals surface area contributed by atoms with Gasteiger partial charge >= 0.3 is 10.2 Å². The van der Waals surface area contributed by atoms with Crippen LogP contribution in [0.3, 0.4) is 0 Å². The van der Waals surface area contributed by atoms with E-state index in [1.54, 1.807) is 32.2 Å². The van der Waals surface area contributed by atoms with Crippen molar-refractivity contribution in [2.24, 2.45) is 11.8 Å². The molecular formula is C35H45ClN4O7S. The number of carbonyl (C=O) groups is 2. The number of fused-ring (bicyclic) bond motifs is 4. The molecule has 2 aromatic carbocycles. The van der Waals surface area contributed by atoms with Crippen molar-refractivity contribution in [1.29, 1.82) is 0 Å². The Labute approximate surface area is 287 Å². The smallest absolute Gasteiger partial charge is 0.301 e. The van der Waals surface area contributed by atoms with Crippen LogP contribution in [0.5, 0.6) is 5.75 Å². The molecular weight excluding hydrogens is 656 g/mol. The molecule has 1 spiro atoms. The number of hydrogen-bond donors (Lipinski definition) is 4. The number of amides is 2. The summed E-state index contributed by atoms with van der Waals surface area (Å²) in [7, 11) is -2.74. The topological polar surface area (TPSA) is 149 Å². The SMILES string of the molecule is CCNS(=O)(=O)NC(=O)[C@@]1(O)CC(=O)N(C)CC/C=C/[C@H](O)[C@@H]2CC[C@H]2CN2C[C@@]3(CCCc4cc(Cl)ccc43)COc3ccc1cc32. The number of ether oxygens (including phenoxy) is 1. The summed E-state index contributed by atoms with van der Waals surface area (Å²) in [6.45, 7) is 3.45. The molecule has 1 fully saturated rings. The molecule has 0 radical (unpaired) electrons. The summed E-state index contributed by atoms with van der Waals surface area (Å²) in [6.07, 6.45) is 7.39. The summed E-state index contributed by atoms with van der Waals surface area (Å²) in [4.78, 5) is 30.8. The van der Waals surface area contributed by atoms with Gasteiger partial charge in [-0.3, -0.25) is 9.59 Å². The zero-order valence-electron chi connectivity index (χ0n) is 27.5. The highest BCUT2D eigenvalue weighted by Gasteiger charge is 2.46. The lowest BCUT2D eigenvalue weighted by atomic mass is 9.68. The third-order valence-electron chi connectivity index (χ3n) is 10.6. The van der Waals surface area contributed by atoms with E-state index in [1.807, 2.05) is 22.9 Å². The van der Waals surface area contributed by atoms with E-state index in [-0.39, 0.29) is 35.9 Å². The lowest BCUT2D eigenvalue weighted by molar-refractivity contribution is -0.148. The molecule has 2 heterocycles. The van der Waals surface area contributed by atoms with E-state index in [2.05, 4.69) is 15.7 Å². The Hall–Kier alpha value is -3.16. The zero-order chi connectivity index (χ0) is 34.3. The van der Waals surface area contributed by atoms with Crippen molar-refractivity contribution >= 4 is 39.3 Å². The summed E-state index contributed by atoms with van der Waals surface area (Å²) >= 11 is 6.41. The van der Waals surface area contributed by atoms with E-state index in [0.29, 0.717) is 42.6 Å². The molecule has 4 aliphatic rings. The quantitative estimate of drug-likeness (QED) is 0.356. The van der Waals surface area contributed by atoms with Gasteiger partial charge in [0.25, 0.3) is 5.91 Å².